The van der Waals surface area contributed by atoms with Crippen LogP contribution in [0.3, 0.4) is 0 Å². The first kappa shape index (κ1) is 19.0. The lowest BCUT2D eigenvalue weighted by atomic mass is 10.1. The topological polar surface area (TPSA) is 73.0 Å². The third-order valence-electron chi connectivity index (χ3n) is 4.33. The van der Waals surface area contributed by atoms with Gasteiger partial charge in [0, 0.05) is 24.1 Å². The Bertz CT molecular complexity index is 1120. The van der Waals surface area contributed by atoms with E-state index in [0.29, 0.717) is 11.6 Å². The van der Waals surface area contributed by atoms with Gasteiger partial charge in [0.15, 0.2) is 11.0 Å². The van der Waals surface area contributed by atoms with Gasteiger partial charge in [-0.2, -0.15) is 0 Å². The van der Waals surface area contributed by atoms with E-state index < -0.39 is 5.25 Å². The number of hydrogen-bond acceptors (Lipinski definition) is 5. The van der Waals surface area contributed by atoms with Crippen LogP contribution in [0.1, 0.15) is 22.1 Å². The number of imidazole rings is 1. The van der Waals surface area contributed by atoms with Crippen LogP contribution in [0.25, 0.3) is 5.69 Å². The number of thioether (sulfide) groups is 1. The standard InChI is InChI=1S/C22H20N4O2S/c1-15-7-6-10-18(13-15)26-12-11-23-22(26)29-20(17-8-4-3-5-9-17)21(27)24-19-14-16(2)28-25-19/h3-14,20H,1-2H3,(H,24,25,27)/t20-/m1/s1. The average Bonchev–Trinajstić information content (AvgIpc) is 3.35. The molecule has 7 heteroatoms. The Morgan fingerprint density at radius 3 is 2.66 bits per heavy atom. The molecule has 0 aliphatic carbocycles. The SMILES string of the molecule is Cc1cccc(-n2ccnc2S[C@@H](C(=O)Nc2cc(C)on2)c2ccccc2)c1. The third kappa shape index (κ3) is 4.41. The maximum Gasteiger partial charge on any atom is 0.243 e. The van der Waals surface area contributed by atoms with E-state index in [-0.39, 0.29) is 5.91 Å². The quantitative estimate of drug-likeness (QED) is 0.460. The summed E-state index contributed by atoms with van der Waals surface area (Å²) in [5.74, 6) is 0.851. The lowest BCUT2D eigenvalue weighted by Gasteiger charge is -2.17. The summed E-state index contributed by atoms with van der Waals surface area (Å²) in [5.41, 5.74) is 3.05. The molecule has 0 saturated carbocycles. The summed E-state index contributed by atoms with van der Waals surface area (Å²) in [6.45, 7) is 3.83. The number of aromatic nitrogens is 3. The van der Waals surface area contributed by atoms with E-state index in [9.17, 15) is 4.79 Å². The fraction of sp³-hybridized carbons (Fsp3) is 0.136. The minimum Gasteiger partial charge on any atom is -0.360 e. The first-order chi connectivity index (χ1) is 14.1. The van der Waals surface area contributed by atoms with Gasteiger partial charge in [-0.3, -0.25) is 9.36 Å². The van der Waals surface area contributed by atoms with Crippen LogP contribution in [0.5, 0.6) is 0 Å². The summed E-state index contributed by atoms with van der Waals surface area (Å²) in [5, 5.41) is 6.94. The zero-order valence-electron chi connectivity index (χ0n) is 16.1. The maximum atomic E-state index is 13.1. The van der Waals surface area contributed by atoms with Crippen LogP contribution in [0.4, 0.5) is 5.82 Å². The zero-order valence-corrected chi connectivity index (χ0v) is 16.9. The molecule has 2 aromatic heterocycles. The fourth-order valence-electron chi connectivity index (χ4n) is 2.97. The number of aryl methyl sites for hydroxylation is 2. The number of anilines is 1. The van der Waals surface area contributed by atoms with Crippen molar-refractivity contribution in [3.8, 4) is 5.69 Å². The summed E-state index contributed by atoms with van der Waals surface area (Å²) in [4.78, 5) is 17.6. The molecule has 1 amide bonds. The molecule has 2 heterocycles. The molecule has 0 fully saturated rings. The second-order valence-corrected chi connectivity index (χ2v) is 7.71. The van der Waals surface area contributed by atoms with E-state index in [1.807, 2.05) is 66.2 Å². The predicted octanol–water partition coefficient (Wildman–Crippen LogP) is 4.95. The molecule has 0 radical (unpaired) electrons. The number of benzene rings is 2. The first-order valence-corrected chi connectivity index (χ1v) is 10.0. The largest absolute Gasteiger partial charge is 0.360 e. The molecule has 0 aliphatic rings. The highest BCUT2D eigenvalue weighted by atomic mass is 32.2. The molecule has 0 bridgehead atoms. The lowest BCUT2D eigenvalue weighted by molar-refractivity contribution is -0.115. The minimum atomic E-state index is -0.501. The number of nitrogens with zero attached hydrogens (tertiary/aromatic N) is 3. The molecule has 0 spiro atoms. The van der Waals surface area contributed by atoms with Crippen molar-refractivity contribution in [1.82, 2.24) is 14.7 Å². The molecule has 1 atom stereocenters. The van der Waals surface area contributed by atoms with E-state index in [0.717, 1.165) is 22.0 Å². The van der Waals surface area contributed by atoms with Crippen molar-refractivity contribution in [1.29, 1.82) is 0 Å². The second kappa shape index (κ2) is 8.36. The molecule has 146 valence electrons. The van der Waals surface area contributed by atoms with E-state index in [4.69, 9.17) is 4.52 Å². The third-order valence-corrected chi connectivity index (χ3v) is 5.56. The van der Waals surface area contributed by atoms with E-state index >= 15 is 0 Å². The van der Waals surface area contributed by atoms with Crippen LogP contribution in [0, 0.1) is 13.8 Å². The van der Waals surface area contributed by atoms with Crippen molar-refractivity contribution in [3.05, 3.63) is 89.9 Å². The molecule has 29 heavy (non-hydrogen) atoms. The first-order valence-electron chi connectivity index (χ1n) is 9.16. The fourth-order valence-corrected chi connectivity index (χ4v) is 4.05. The molecular weight excluding hydrogens is 384 g/mol. The number of carbonyl (C=O) groups is 1. The van der Waals surface area contributed by atoms with Crippen molar-refractivity contribution < 1.29 is 9.32 Å². The van der Waals surface area contributed by atoms with Gasteiger partial charge in [-0.1, -0.05) is 59.4 Å². The Morgan fingerprint density at radius 1 is 1.10 bits per heavy atom. The molecule has 4 aromatic rings. The van der Waals surface area contributed by atoms with E-state index in [1.165, 1.54) is 11.8 Å². The van der Waals surface area contributed by atoms with Gasteiger partial charge in [0.1, 0.15) is 11.0 Å². The van der Waals surface area contributed by atoms with Crippen molar-refractivity contribution in [3.63, 3.8) is 0 Å². The summed E-state index contributed by atoms with van der Waals surface area (Å²) < 4.78 is 7.04. The number of nitrogens with one attached hydrogen (secondary N) is 1. The molecule has 6 nitrogen and oxygen atoms in total. The summed E-state index contributed by atoms with van der Waals surface area (Å²) >= 11 is 1.39. The highest BCUT2D eigenvalue weighted by Crippen LogP contribution is 2.36. The molecular formula is C22H20N4O2S. The van der Waals surface area contributed by atoms with Crippen molar-refractivity contribution in [2.75, 3.05) is 5.32 Å². The summed E-state index contributed by atoms with van der Waals surface area (Å²) in [6.07, 6.45) is 3.64. The van der Waals surface area contributed by atoms with Crippen molar-refractivity contribution in [2.24, 2.45) is 0 Å². The van der Waals surface area contributed by atoms with E-state index in [2.05, 4.69) is 21.5 Å². The maximum absolute atomic E-state index is 13.1. The van der Waals surface area contributed by atoms with Gasteiger partial charge in [0.2, 0.25) is 5.91 Å². The Labute approximate surface area is 173 Å². The molecule has 0 saturated heterocycles. The van der Waals surface area contributed by atoms with Gasteiger partial charge in [0.25, 0.3) is 0 Å². The zero-order chi connectivity index (χ0) is 20.2. The molecule has 2 aromatic carbocycles. The van der Waals surface area contributed by atoms with Gasteiger partial charge >= 0.3 is 0 Å². The molecule has 4 rings (SSSR count). The molecule has 0 unspecified atom stereocenters. The van der Waals surface area contributed by atoms with Crippen LogP contribution in [0.15, 0.2) is 82.7 Å². The minimum absolute atomic E-state index is 0.187. The molecule has 0 aliphatic heterocycles. The van der Waals surface area contributed by atoms with Crippen LogP contribution < -0.4 is 5.32 Å². The Balaban J connectivity index is 1.65. The molecule has 1 N–H and O–H groups in total. The van der Waals surface area contributed by atoms with Gasteiger partial charge in [0.05, 0.1) is 0 Å². The van der Waals surface area contributed by atoms with Crippen LogP contribution in [-0.2, 0) is 4.79 Å². The highest BCUT2D eigenvalue weighted by molar-refractivity contribution is 8.00. The Morgan fingerprint density at radius 2 is 1.93 bits per heavy atom. The van der Waals surface area contributed by atoms with Crippen molar-refractivity contribution in [2.45, 2.75) is 24.3 Å². The number of hydrogen-bond donors (Lipinski definition) is 1. The predicted molar refractivity (Wildman–Crippen MR) is 113 cm³/mol. The summed E-state index contributed by atoms with van der Waals surface area (Å²) in [7, 11) is 0. The smallest absolute Gasteiger partial charge is 0.243 e. The monoisotopic (exact) mass is 404 g/mol. The number of amides is 1. The average molecular weight is 404 g/mol. The van der Waals surface area contributed by atoms with Crippen LogP contribution >= 0.6 is 11.8 Å². The van der Waals surface area contributed by atoms with Gasteiger partial charge in [-0.25, -0.2) is 4.98 Å². The lowest BCUT2D eigenvalue weighted by Crippen LogP contribution is -2.19. The number of rotatable bonds is 6. The number of carbonyl (C=O) groups excluding carboxylic acids is 1. The Kier molecular flexibility index (Phi) is 5.48. The van der Waals surface area contributed by atoms with Gasteiger partial charge in [-0.15, -0.1) is 0 Å². The normalized spacial score (nSPS) is 11.9. The van der Waals surface area contributed by atoms with Gasteiger partial charge in [-0.05, 0) is 37.1 Å². The highest BCUT2D eigenvalue weighted by Gasteiger charge is 2.25. The van der Waals surface area contributed by atoms with Gasteiger partial charge < -0.3 is 9.84 Å². The van der Waals surface area contributed by atoms with E-state index in [1.54, 1.807) is 19.2 Å². The van der Waals surface area contributed by atoms with Crippen molar-refractivity contribution >= 4 is 23.5 Å². The van der Waals surface area contributed by atoms with Crippen LogP contribution in [-0.4, -0.2) is 20.6 Å². The summed E-state index contributed by atoms with van der Waals surface area (Å²) in [6, 6.07) is 19.5. The van der Waals surface area contributed by atoms with Crippen LogP contribution in [0.2, 0.25) is 0 Å². The Hall–Kier alpha value is -3.32. The second-order valence-electron chi connectivity index (χ2n) is 6.64.